The van der Waals surface area contributed by atoms with Gasteiger partial charge in [-0.15, -0.1) is 11.3 Å². The third-order valence-corrected chi connectivity index (χ3v) is 5.39. The molecule has 0 bridgehead atoms. The molecule has 1 N–H and O–H groups in total. The first kappa shape index (κ1) is 20.5. The van der Waals surface area contributed by atoms with Crippen molar-refractivity contribution >= 4 is 29.0 Å². The number of thiophene rings is 1. The highest BCUT2D eigenvalue weighted by molar-refractivity contribution is 7.12. The lowest BCUT2D eigenvalue weighted by molar-refractivity contribution is -0.146. The second-order valence-corrected chi connectivity index (χ2v) is 7.55. The monoisotopic (exact) mass is 407 g/mol. The zero-order chi connectivity index (χ0) is 20.8. The third-order valence-electron chi connectivity index (χ3n) is 4.52. The Morgan fingerprint density at radius 1 is 0.966 bits per heavy atom. The Labute approximate surface area is 173 Å². The molecule has 29 heavy (non-hydrogen) atoms. The van der Waals surface area contributed by atoms with Crippen LogP contribution in [0.25, 0.3) is 0 Å². The van der Waals surface area contributed by atoms with Gasteiger partial charge in [0.25, 0.3) is 5.91 Å². The highest BCUT2D eigenvalue weighted by Crippen LogP contribution is 2.24. The maximum absolute atomic E-state index is 13.1. The molecule has 6 heteroatoms. The highest BCUT2D eigenvalue weighted by atomic mass is 32.1. The van der Waals surface area contributed by atoms with Crippen LogP contribution in [0.2, 0.25) is 0 Å². The summed E-state index contributed by atoms with van der Waals surface area (Å²) in [6.45, 7) is 3.57. The fraction of sp³-hybridized carbons (Fsp3) is 0.174. The van der Waals surface area contributed by atoms with E-state index in [4.69, 9.17) is 4.74 Å². The van der Waals surface area contributed by atoms with Gasteiger partial charge in [0.15, 0.2) is 6.10 Å². The van der Waals surface area contributed by atoms with E-state index in [0.717, 1.165) is 11.1 Å². The number of ketones is 1. The molecule has 0 unspecified atom stereocenters. The molecular formula is C23H21NO4S. The molecule has 1 heterocycles. The molecule has 0 aliphatic heterocycles. The minimum atomic E-state index is -1.08. The lowest BCUT2D eigenvalue weighted by Gasteiger charge is -2.18. The van der Waals surface area contributed by atoms with Crippen LogP contribution in [0.5, 0.6) is 0 Å². The van der Waals surface area contributed by atoms with E-state index in [1.54, 1.807) is 53.9 Å². The maximum atomic E-state index is 13.1. The maximum Gasteiger partial charge on any atom is 0.326 e. The first-order valence-electron chi connectivity index (χ1n) is 9.13. The number of rotatable bonds is 7. The predicted octanol–water partition coefficient (Wildman–Crippen LogP) is 4.26. The van der Waals surface area contributed by atoms with E-state index in [0.29, 0.717) is 16.0 Å². The zero-order valence-electron chi connectivity index (χ0n) is 16.2. The Morgan fingerprint density at radius 2 is 1.72 bits per heavy atom. The van der Waals surface area contributed by atoms with Crippen LogP contribution in [-0.4, -0.2) is 24.2 Å². The van der Waals surface area contributed by atoms with E-state index < -0.39 is 12.1 Å². The summed E-state index contributed by atoms with van der Waals surface area (Å²) in [6, 6.07) is 17.7. The third kappa shape index (κ3) is 5.18. The van der Waals surface area contributed by atoms with Crippen molar-refractivity contribution in [2.75, 3.05) is 6.54 Å². The van der Waals surface area contributed by atoms with E-state index >= 15 is 0 Å². The van der Waals surface area contributed by atoms with Gasteiger partial charge >= 0.3 is 5.97 Å². The summed E-state index contributed by atoms with van der Waals surface area (Å²) in [6.07, 6.45) is -1.08. The molecule has 1 atom stereocenters. The molecule has 0 saturated heterocycles. The molecule has 1 aromatic heterocycles. The average molecular weight is 407 g/mol. The van der Waals surface area contributed by atoms with Crippen LogP contribution >= 0.6 is 11.3 Å². The number of Topliss-reactive ketones (excluding diaryl/α,β-unsaturated/α-hetero) is 1. The number of nitrogens with one attached hydrogen (secondary N) is 1. The van der Waals surface area contributed by atoms with Gasteiger partial charge < -0.3 is 10.1 Å². The number of carbonyl (C=O) groups is 3. The van der Waals surface area contributed by atoms with Crippen molar-refractivity contribution in [1.82, 2.24) is 5.32 Å². The number of hydrogen-bond donors (Lipinski definition) is 1. The van der Waals surface area contributed by atoms with Crippen molar-refractivity contribution in [2.24, 2.45) is 0 Å². The quantitative estimate of drug-likeness (QED) is 0.469. The van der Waals surface area contributed by atoms with Gasteiger partial charge in [-0.1, -0.05) is 48.5 Å². The molecule has 148 valence electrons. The fourth-order valence-corrected chi connectivity index (χ4v) is 3.41. The first-order valence-corrected chi connectivity index (χ1v) is 10.0. The van der Waals surface area contributed by atoms with Crippen molar-refractivity contribution < 1.29 is 19.1 Å². The molecule has 5 nitrogen and oxygen atoms in total. The molecule has 0 aliphatic rings. The van der Waals surface area contributed by atoms with Crippen molar-refractivity contribution in [1.29, 1.82) is 0 Å². The van der Waals surface area contributed by atoms with Crippen LogP contribution < -0.4 is 5.32 Å². The largest absolute Gasteiger partial charge is 0.448 e. The molecule has 2 aromatic carbocycles. The summed E-state index contributed by atoms with van der Waals surface area (Å²) >= 11 is 1.28. The molecule has 0 radical (unpaired) electrons. The van der Waals surface area contributed by atoms with Crippen LogP contribution in [-0.2, 0) is 9.53 Å². The number of amides is 1. The van der Waals surface area contributed by atoms with Gasteiger partial charge in [-0.05, 0) is 42.5 Å². The summed E-state index contributed by atoms with van der Waals surface area (Å²) in [7, 11) is 0. The topological polar surface area (TPSA) is 72.5 Å². The number of benzene rings is 2. The number of hydrogen-bond acceptors (Lipinski definition) is 5. The minimum Gasteiger partial charge on any atom is -0.448 e. The first-order chi connectivity index (χ1) is 14.0. The van der Waals surface area contributed by atoms with Gasteiger partial charge in [0.05, 0.1) is 4.88 Å². The van der Waals surface area contributed by atoms with Gasteiger partial charge in [0.2, 0.25) is 5.78 Å². The van der Waals surface area contributed by atoms with Gasteiger partial charge in [-0.25, -0.2) is 0 Å². The smallest absolute Gasteiger partial charge is 0.326 e. The second kappa shape index (κ2) is 9.30. The molecule has 1 amide bonds. The Morgan fingerprint density at radius 3 is 2.38 bits per heavy atom. The number of esters is 1. The molecule has 3 rings (SSSR count). The van der Waals surface area contributed by atoms with Crippen molar-refractivity contribution in [3.8, 4) is 0 Å². The summed E-state index contributed by atoms with van der Waals surface area (Å²) in [4.78, 5) is 38.0. The average Bonchev–Trinajstić information content (AvgIpc) is 3.27. The molecule has 0 aliphatic carbocycles. The van der Waals surface area contributed by atoms with E-state index in [9.17, 15) is 14.4 Å². The van der Waals surface area contributed by atoms with Crippen LogP contribution in [0.3, 0.4) is 0 Å². The van der Waals surface area contributed by atoms with Gasteiger partial charge in [-0.3, -0.25) is 14.4 Å². The Bertz CT molecular complexity index is 1010. The molecular weight excluding hydrogens is 386 g/mol. The van der Waals surface area contributed by atoms with Crippen molar-refractivity contribution in [2.45, 2.75) is 20.0 Å². The lowest BCUT2D eigenvalue weighted by Crippen LogP contribution is -2.32. The highest BCUT2D eigenvalue weighted by Gasteiger charge is 2.26. The minimum absolute atomic E-state index is 0.308. The lowest BCUT2D eigenvalue weighted by atomic mass is 9.97. The summed E-state index contributed by atoms with van der Waals surface area (Å²) in [5.74, 6) is -1.34. The predicted molar refractivity (Wildman–Crippen MR) is 112 cm³/mol. The Balaban J connectivity index is 1.75. The van der Waals surface area contributed by atoms with Crippen molar-refractivity contribution in [3.63, 3.8) is 0 Å². The zero-order valence-corrected chi connectivity index (χ0v) is 17.0. The van der Waals surface area contributed by atoms with Crippen LogP contribution in [0, 0.1) is 13.8 Å². The van der Waals surface area contributed by atoms with E-state index in [2.05, 4.69) is 5.32 Å². The number of carbonyl (C=O) groups excluding carboxylic acids is 3. The molecule has 0 fully saturated rings. The molecule has 0 spiro atoms. The van der Waals surface area contributed by atoms with Crippen LogP contribution in [0.1, 0.15) is 42.8 Å². The SMILES string of the molecule is Cc1ccc(C(=O)[C@H](OC(=O)CNC(=O)c2cccs2)c2ccccc2)cc1C. The van der Waals surface area contributed by atoms with Gasteiger partial charge in [0.1, 0.15) is 6.54 Å². The van der Waals surface area contributed by atoms with Gasteiger partial charge in [-0.2, -0.15) is 0 Å². The van der Waals surface area contributed by atoms with Gasteiger partial charge in [0, 0.05) is 11.1 Å². The summed E-state index contributed by atoms with van der Waals surface area (Å²) in [5.41, 5.74) is 3.11. The van der Waals surface area contributed by atoms with E-state index in [-0.39, 0.29) is 18.2 Å². The van der Waals surface area contributed by atoms with Crippen LogP contribution in [0.4, 0.5) is 0 Å². The van der Waals surface area contributed by atoms with Crippen LogP contribution in [0.15, 0.2) is 66.0 Å². The summed E-state index contributed by atoms with van der Waals surface area (Å²) < 4.78 is 5.49. The molecule has 0 saturated carbocycles. The summed E-state index contributed by atoms with van der Waals surface area (Å²) in [5, 5.41) is 4.30. The Kier molecular flexibility index (Phi) is 6.57. The van der Waals surface area contributed by atoms with E-state index in [1.807, 2.05) is 26.0 Å². The normalized spacial score (nSPS) is 11.5. The second-order valence-electron chi connectivity index (χ2n) is 6.60. The standard InChI is InChI=1S/C23H21NO4S/c1-15-10-11-18(13-16(15)2)21(26)22(17-7-4-3-5-8-17)28-20(25)14-24-23(27)19-9-6-12-29-19/h3-13,22H,14H2,1-2H3,(H,24,27)/t22-/m1/s1. The fourth-order valence-electron chi connectivity index (χ4n) is 2.77. The number of aryl methyl sites for hydroxylation is 2. The Hall–Kier alpha value is -3.25. The molecule has 3 aromatic rings. The van der Waals surface area contributed by atoms with E-state index in [1.165, 1.54) is 11.3 Å². The number of ether oxygens (including phenoxy) is 1. The van der Waals surface area contributed by atoms with Crippen molar-refractivity contribution in [3.05, 3.63) is 93.2 Å².